The van der Waals surface area contributed by atoms with Gasteiger partial charge >= 0.3 is 5.97 Å². The summed E-state index contributed by atoms with van der Waals surface area (Å²) in [6, 6.07) is 6.94. The fourth-order valence-electron chi connectivity index (χ4n) is 2.31. The number of carbonyl (C=O) groups excluding carboxylic acids is 2. The van der Waals surface area contributed by atoms with E-state index in [4.69, 9.17) is 16.3 Å². The van der Waals surface area contributed by atoms with Gasteiger partial charge in [0.05, 0.1) is 12.4 Å². The smallest absolute Gasteiger partial charge is 0.328 e. The molecule has 1 aromatic carbocycles. The molecule has 1 saturated heterocycles. The van der Waals surface area contributed by atoms with Gasteiger partial charge < -0.3 is 9.64 Å². The van der Waals surface area contributed by atoms with Gasteiger partial charge in [-0.2, -0.15) is 0 Å². The molecule has 114 valence electrons. The lowest BCUT2D eigenvalue weighted by Crippen LogP contribution is -2.42. The van der Waals surface area contributed by atoms with Gasteiger partial charge in [-0.1, -0.05) is 11.6 Å². The van der Waals surface area contributed by atoms with Crippen molar-refractivity contribution < 1.29 is 14.3 Å². The summed E-state index contributed by atoms with van der Waals surface area (Å²) in [5, 5.41) is 0.674. The van der Waals surface area contributed by atoms with Crippen LogP contribution in [0.15, 0.2) is 29.2 Å². The van der Waals surface area contributed by atoms with Gasteiger partial charge in [0.2, 0.25) is 5.91 Å². The third-order valence-corrected chi connectivity index (χ3v) is 4.56. The van der Waals surface area contributed by atoms with Crippen LogP contribution in [-0.4, -0.2) is 41.7 Å². The number of amides is 1. The van der Waals surface area contributed by atoms with E-state index in [1.807, 2.05) is 12.1 Å². The number of halogens is 1. The molecule has 0 saturated carbocycles. The van der Waals surface area contributed by atoms with Crippen LogP contribution in [0.25, 0.3) is 0 Å². The molecule has 21 heavy (non-hydrogen) atoms. The number of nitrogens with zero attached hydrogens (tertiary/aromatic N) is 1. The highest BCUT2D eigenvalue weighted by atomic mass is 35.5. The quantitative estimate of drug-likeness (QED) is 0.616. The molecule has 0 aromatic heterocycles. The predicted octanol–water partition coefficient (Wildman–Crippen LogP) is 2.99. The standard InChI is InChI=1S/C15H18ClNO3S/c1-2-20-15(19)13-4-3-9-17(13)14(18)10-21-12-7-5-11(16)6-8-12/h5-8,13H,2-4,9-10H2,1H3. The summed E-state index contributed by atoms with van der Waals surface area (Å²) in [5.41, 5.74) is 0. The zero-order chi connectivity index (χ0) is 15.2. The summed E-state index contributed by atoms with van der Waals surface area (Å²) in [6.07, 6.45) is 1.54. The van der Waals surface area contributed by atoms with E-state index >= 15 is 0 Å². The van der Waals surface area contributed by atoms with Crippen molar-refractivity contribution in [1.82, 2.24) is 4.90 Å². The minimum Gasteiger partial charge on any atom is -0.464 e. The number of benzene rings is 1. The highest BCUT2D eigenvalue weighted by molar-refractivity contribution is 8.00. The monoisotopic (exact) mass is 327 g/mol. The van der Waals surface area contributed by atoms with Crippen LogP contribution in [0.1, 0.15) is 19.8 Å². The topological polar surface area (TPSA) is 46.6 Å². The minimum atomic E-state index is -0.414. The SMILES string of the molecule is CCOC(=O)C1CCCN1C(=O)CSc1ccc(Cl)cc1. The van der Waals surface area contributed by atoms with Crippen LogP contribution in [0.2, 0.25) is 5.02 Å². The third-order valence-electron chi connectivity index (χ3n) is 3.31. The molecular weight excluding hydrogens is 310 g/mol. The van der Waals surface area contributed by atoms with Crippen LogP contribution in [0.4, 0.5) is 0 Å². The summed E-state index contributed by atoms with van der Waals surface area (Å²) >= 11 is 7.28. The van der Waals surface area contributed by atoms with Crippen LogP contribution in [0.5, 0.6) is 0 Å². The molecule has 4 nitrogen and oxygen atoms in total. The summed E-state index contributed by atoms with van der Waals surface area (Å²) in [5.74, 6) is 0.00251. The first-order chi connectivity index (χ1) is 10.1. The number of carbonyl (C=O) groups is 2. The Labute approximate surface area is 133 Å². The second-order valence-electron chi connectivity index (χ2n) is 4.74. The molecule has 0 radical (unpaired) electrons. The van der Waals surface area contributed by atoms with Crippen molar-refractivity contribution in [2.75, 3.05) is 18.9 Å². The molecule has 1 atom stereocenters. The number of rotatable bonds is 5. The van der Waals surface area contributed by atoms with Gasteiger partial charge in [-0.25, -0.2) is 4.79 Å². The van der Waals surface area contributed by atoms with E-state index in [2.05, 4.69) is 0 Å². The number of esters is 1. The Kier molecular flexibility index (Phi) is 5.94. The fourth-order valence-corrected chi connectivity index (χ4v) is 3.22. The second kappa shape index (κ2) is 7.71. The van der Waals surface area contributed by atoms with Crippen molar-refractivity contribution >= 4 is 35.2 Å². The lowest BCUT2D eigenvalue weighted by molar-refractivity contribution is -0.152. The Balaban J connectivity index is 1.90. The molecule has 1 aliphatic rings. The van der Waals surface area contributed by atoms with Crippen molar-refractivity contribution in [2.24, 2.45) is 0 Å². The van der Waals surface area contributed by atoms with Gasteiger partial charge in [0.25, 0.3) is 0 Å². The first-order valence-electron chi connectivity index (χ1n) is 6.96. The summed E-state index contributed by atoms with van der Waals surface area (Å²) in [4.78, 5) is 26.7. The number of thioether (sulfide) groups is 1. The van der Waals surface area contributed by atoms with E-state index in [1.54, 1.807) is 24.0 Å². The molecule has 6 heteroatoms. The van der Waals surface area contributed by atoms with Crippen molar-refractivity contribution in [1.29, 1.82) is 0 Å². The van der Waals surface area contributed by atoms with E-state index in [0.717, 1.165) is 11.3 Å². The van der Waals surface area contributed by atoms with E-state index in [0.29, 0.717) is 30.3 Å². The second-order valence-corrected chi connectivity index (χ2v) is 6.22. The highest BCUT2D eigenvalue weighted by Gasteiger charge is 2.34. The van der Waals surface area contributed by atoms with Crippen molar-refractivity contribution in [3.8, 4) is 0 Å². The molecule has 0 spiro atoms. The van der Waals surface area contributed by atoms with E-state index in [9.17, 15) is 9.59 Å². The normalized spacial score (nSPS) is 17.8. The number of likely N-dealkylation sites (tertiary alicyclic amines) is 1. The third kappa shape index (κ3) is 4.38. The van der Waals surface area contributed by atoms with Crippen LogP contribution in [0.3, 0.4) is 0 Å². The lowest BCUT2D eigenvalue weighted by atomic mass is 10.2. The molecule has 0 N–H and O–H groups in total. The fraction of sp³-hybridized carbons (Fsp3) is 0.467. The molecular formula is C15H18ClNO3S. The molecule has 1 fully saturated rings. The van der Waals surface area contributed by atoms with E-state index in [-0.39, 0.29) is 11.9 Å². The largest absolute Gasteiger partial charge is 0.464 e. The zero-order valence-electron chi connectivity index (χ0n) is 11.9. The van der Waals surface area contributed by atoms with Crippen molar-refractivity contribution in [3.63, 3.8) is 0 Å². The van der Waals surface area contributed by atoms with Crippen LogP contribution in [-0.2, 0) is 14.3 Å². The van der Waals surface area contributed by atoms with Crippen LogP contribution < -0.4 is 0 Å². The Morgan fingerprint density at radius 3 is 2.76 bits per heavy atom. The maximum Gasteiger partial charge on any atom is 0.328 e. The Morgan fingerprint density at radius 1 is 1.38 bits per heavy atom. The van der Waals surface area contributed by atoms with E-state index in [1.165, 1.54) is 11.8 Å². The molecule has 1 aliphatic heterocycles. The average Bonchev–Trinajstić information content (AvgIpc) is 2.96. The van der Waals surface area contributed by atoms with Crippen LogP contribution >= 0.6 is 23.4 Å². The predicted molar refractivity (Wildman–Crippen MR) is 83.5 cm³/mol. The molecule has 1 amide bonds. The number of hydrogen-bond acceptors (Lipinski definition) is 4. The first kappa shape index (κ1) is 16.2. The first-order valence-corrected chi connectivity index (χ1v) is 8.32. The van der Waals surface area contributed by atoms with Gasteiger partial charge in [0, 0.05) is 16.5 Å². The molecule has 1 heterocycles. The van der Waals surface area contributed by atoms with Gasteiger partial charge in [-0.15, -0.1) is 11.8 Å². The Bertz CT molecular complexity index is 506. The Morgan fingerprint density at radius 2 is 2.10 bits per heavy atom. The van der Waals surface area contributed by atoms with Crippen molar-refractivity contribution in [2.45, 2.75) is 30.7 Å². The summed E-state index contributed by atoms with van der Waals surface area (Å²) < 4.78 is 5.03. The maximum absolute atomic E-state index is 12.3. The average molecular weight is 328 g/mol. The van der Waals surface area contributed by atoms with Crippen molar-refractivity contribution in [3.05, 3.63) is 29.3 Å². The number of hydrogen-bond donors (Lipinski definition) is 0. The molecule has 1 aromatic rings. The molecule has 0 bridgehead atoms. The molecule has 0 aliphatic carbocycles. The van der Waals surface area contributed by atoms with E-state index < -0.39 is 6.04 Å². The molecule has 2 rings (SSSR count). The van der Waals surface area contributed by atoms with Gasteiger partial charge in [0.15, 0.2) is 0 Å². The lowest BCUT2D eigenvalue weighted by Gasteiger charge is -2.22. The number of ether oxygens (including phenoxy) is 1. The van der Waals surface area contributed by atoms with Crippen LogP contribution in [0, 0.1) is 0 Å². The van der Waals surface area contributed by atoms with Gasteiger partial charge in [0.1, 0.15) is 6.04 Å². The molecule has 1 unspecified atom stereocenters. The maximum atomic E-state index is 12.3. The Hall–Kier alpha value is -1.20. The zero-order valence-corrected chi connectivity index (χ0v) is 13.5. The summed E-state index contributed by atoms with van der Waals surface area (Å²) in [7, 11) is 0. The van der Waals surface area contributed by atoms with Gasteiger partial charge in [-0.05, 0) is 44.0 Å². The summed E-state index contributed by atoms with van der Waals surface area (Å²) in [6.45, 7) is 2.75. The van der Waals surface area contributed by atoms with Gasteiger partial charge in [-0.3, -0.25) is 4.79 Å². The minimum absolute atomic E-state index is 0.0227. The highest BCUT2D eigenvalue weighted by Crippen LogP contribution is 2.24.